The number of carboxylic acid groups (broad SMARTS) is 1. The number of aromatic carboxylic acids is 1. The van der Waals surface area contributed by atoms with E-state index in [1.165, 1.54) is 5.56 Å². The number of ether oxygens (including phenoxy) is 1. The average molecular weight is 285 g/mol. The highest BCUT2D eigenvalue weighted by Gasteiger charge is 2.36. The number of rotatable bonds is 2. The Morgan fingerprint density at radius 1 is 1.43 bits per heavy atom. The van der Waals surface area contributed by atoms with Gasteiger partial charge in [0.2, 0.25) is 0 Å². The van der Waals surface area contributed by atoms with E-state index < -0.39 is 5.97 Å². The van der Waals surface area contributed by atoms with Gasteiger partial charge in [0, 0.05) is 24.8 Å². The molecule has 110 valence electrons. The SMILES string of the molecule is CC1COCC[C@@]1(C)c1ccc2nccc(C(=O)O)c2c1. The topological polar surface area (TPSA) is 59.4 Å². The maximum Gasteiger partial charge on any atom is 0.336 e. The molecule has 2 aromatic rings. The summed E-state index contributed by atoms with van der Waals surface area (Å²) in [5.74, 6) is -0.515. The lowest BCUT2D eigenvalue weighted by molar-refractivity contribution is 0.0125. The molecular weight excluding hydrogens is 266 g/mol. The summed E-state index contributed by atoms with van der Waals surface area (Å²) in [7, 11) is 0. The van der Waals surface area contributed by atoms with Gasteiger partial charge in [-0.15, -0.1) is 0 Å². The average Bonchev–Trinajstić information content (AvgIpc) is 2.49. The standard InChI is InChI=1S/C17H19NO3/c1-11-10-21-8-6-17(11,2)12-3-4-15-14(9-12)13(16(19)20)5-7-18-15/h3-5,7,9,11H,6,8,10H2,1-2H3,(H,19,20)/t11?,17-/m1/s1. The number of hydrogen-bond acceptors (Lipinski definition) is 3. The van der Waals surface area contributed by atoms with Crippen LogP contribution in [0.15, 0.2) is 30.5 Å². The first-order chi connectivity index (χ1) is 10.0. The van der Waals surface area contributed by atoms with Gasteiger partial charge in [0.05, 0.1) is 11.1 Å². The molecule has 1 saturated heterocycles. The molecule has 1 aromatic heterocycles. The Kier molecular flexibility index (Phi) is 3.41. The van der Waals surface area contributed by atoms with Crippen LogP contribution in [-0.4, -0.2) is 29.3 Å². The summed E-state index contributed by atoms with van der Waals surface area (Å²) >= 11 is 0. The van der Waals surface area contributed by atoms with E-state index in [4.69, 9.17) is 4.74 Å². The summed E-state index contributed by atoms with van der Waals surface area (Å²) < 4.78 is 5.54. The Balaban J connectivity index is 2.16. The van der Waals surface area contributed by atoms with Crippen molar-refractivity contribution >= 4 is 16.9 Å². The molecule has 1 aliphatic rings. The van der Waals surface area contributed by atoms with Crippen LogP contribution in [0, 0.1) is 5.92 Å². The van der Waals surface area contributed by atoms with E-state index in [0.29, 0.717) is 16.9 Å². The van der Waals surface area contributed by atoms with E-state index >= 15 is 0 Å². The van der Waals surface area contributed by atoms with Crippen molar-refractivity contribution in [3.63, 3.8) is 0 Å². The molecule has 0 spiro atoms. The summed E-state index contributed by atoms with van der Waals surface area (Å²) in [6, 6.07) is 7.55. The highest BCUT2D eigenvalue weighted by Crippen LogP contribution is 2.39. The molecular formula is C17H19NO3. The van der Waals surface area contributed by atoms with Gasteiger partial charge in [0.1, 0.15) is 0 Å². The zero-order valence-electron chi connectivity index (χ0n) is 12.3. The number of carbonyl (C=O) groups is 1. The normalized spacial score (nSPS) is 25.9. The Bertz CT molecular complexity index is 697. The molecule has 4 nitrogen and oxygen atoms in total. The zero-order chi connectivity index (χ0) is 15.0. The smallest absolute Gasteiger partial charge is 0.336 e. The molecule has 21 heavy (non-hydrogen) atoms. The Labute approximate surface area is 123 Å². The summed E-state index contributed by atoms with van der Waals surface area (Å²) in [6.45, 7) is 5.91. The largest absolute Gasteiger partial charge is 0.478 e. The van der Waals surface area contributed by atoms with Crippen LogP contribution in [0.25, 0.3) is 10.9 Å². The molecule has 1 fully saturated rings. The lowest BCUT2D eigenvalue weighted by Gasteiger charge is -2.40. The quantitative estimate of drug-likeness (QED) is 0.920. The predicted molar refractivity (Wildman–Crippen MR) is 80.7 cm³/mol. The number of nitrogens with zero attached hydrogens (tertiary/aromatic N) is 1. The van der Waals surface area contributed by atoms with E-state index in [0.717, 1.165) is 25.2 Å². The number of hydrogen-bond donors (Lipinski definition) is 1. The van der Waals surface area contributed by atoms with Gasteiger partial charge in [0.25, 0.3) is 0 Å². The molecule has 0 saturated carbocycles. The molecule has 1 unspecified atom stereocenters. The van der Waals surface area contributed by atoms with Crippen LogP contribution in [-0.2, 0) is 10.2 Å². The minimum absolute atomic E-state index is 0.0120. The fourth-order valence-corrected chi connectivity index (χ4v) is 3.09. The van der Waals surface area contributed by atoms with Crippen LogP contribution >= 0.6 is 0 Å². The van der Waals surface area contributed by atoms with Gasteiger partial charge in [-0.1, -0.05) is 19.9 Å². The van der Waals surface area contributed by atoms with E-state index in [9.17, 15) is 9.90 Å². The van der Waals surface area contributed by atoms with E-state index in [2.05, 4.69) is 24.9 Å². The van der Waals surface area contributed by atoms with Crippen molar-refractivity contribution in [1.82, 2.24) is 4.98 Å². The maximum atomic E-state index is 11.4. The lowest BCUT2D eigenvalue weighted by atomic mass is 9.69. The second-order valence-electron chi connectivity index (χ2n) is 6.04. The van der Waals surface area contributed by atoms with Gasteiger partial charge < -0.3 is 9.84 Å². The molecule has 0 aliphatic carbocycles. The van der Waals surface area contributed by atoms with Crippen molar-refractivity contribution in [3.8, 4) is 0 Å². The summed E-state index contributed by atoms with van der Waals surface area (Å²) in [5.41, 5.74) is 2.21. The van der Waals surface area contributed by atoms with Crippen LogP contribution in [0.4, 0.5) is 0 Å². The fourth-order valence-electron chi connectivity index (χ4n) is 3.09. The fraction of sp³-hybridized carbons (Fsp3) is 0.412. The van der Waals surface area contributed by atoms with Crippen molar-refractivity contribution in [2.24, 2.45) is 5.92 Å². The first-order valence-electron chi connectivity index (χ1n) is 7.22. The number of fused-ring (bicyclic) bond motifs is 1. The van der Waals surface area contributed by atoms with Crippen molar-refractivity contribution in [2.75, 3.05) is 13.2 Å². The zero-order valence-corrected chi connectivity index (χ0v) is 12.3. The molecule has 1 aliphatic heterocycles. The summed E-state index contributed by atoms with van der Waals surface area (Å²) in [6.07, 6.45) is 2.49. The van der Waals surface area contributed by atoms with Gasteiger partial charge in [-0.25, -0.2) is 4.79 Å². The summed E-state index contributed by atoms with van der Waals surface area (Å²) in [5, 5.41) is 10.1. The highest BCUT2D eigenvalue weighted by atomic mass is 16.5. The number of aromatic nitrogens is 1. The third-order valence-corrected chi connectivity index (χ3v) is 4.85. The molecule has 4 heteroatoms. The number of carboxylic acids is 1. The third-order valence-electron chi connectivity index (χ3n) is 4.85. The van der Waals surface area contributed by atoms with Gasteiger partial charge in [0.15, 0.2) is 0 Å². The van der Waals surface area contributed by atoms with Crippen molar-refractivity contribution in [3.05, 3.63) is 41.6 Å². The first-order valence-corrected chi connectivity index (χ1v) is 7.22. The highest BCUT2D eigenvalue weighted by molar-refractivity contribution is 6.02. The molecule has 0 bridgehead atoms. The van der Waals surface area contributed by atoms with E-state index in [-0.39, 0.29) is 5.41 Å². The Morgan fingerprint density at radius 3 is 2.95 bits per heavy atom. The molecule has 0 amide bonds. The Morgan fingerprint density at radius 2 is 2.24 bits per heavy atom. The van der Waals surface area contributed by atoms with Crippen molar-refractivity contribution < 1.29 is 14.6 Å². The lowest BCUT2D eigenvalue weighted by Crippen LogP contribution is -2.38. The minimum Gasteiger partial charge on any atom is -0.478 e. The van der Waals surface area contributed by atoms with Crippen LogP contribution in [0.3, 0.4) is 0 Å². The van der Waals surface area contributed by atoms with Crippen LogP contribution in [0.1, 0.15) is 36.2 Å². The number of benzene rings is 1. The second kappa shape index (κ2) is 5.11. The van der Waals surface area contributed by atoms with Crippen molar-refractivity contribution in [2.45, 2.75) is 25.7 Å². The maximum absolute atomic E-state index is 11.4. The van der Waals surface area contributed by atoms with Gasteiger partial charge >= 0.3 is 5.97 Å². The van der Waals surface area contributed by atoms with E-state index in [1.807, 2.05) is 12.1 Å². The number of pyridine rings is 1. The second-order valence-corrected chi connectivity index (χ2v) is 6.04. The third kappa shape index (κ3) is 2.29. The molecule has 2 atom stereocenters. The van der Waals surface area contributed by atoms with Gasteiger partial charge in [-0.05, 0) is 41.5 Å². The molecule has 1 N–H and O–H groups in total. The minimum atomic E-state index is -0.912. The molecule has 3 rings (SSSR count). The molecule has 2 heterocycles. The van der Waals surface area contributed by atoms with Gasteiger partial charge in [-0.3, -0.25) is 4.98 Å². The van der Waals surface area contributed by atoms with E-state index in [1.54, 1.807) is 12.3 Å². The molecule has 1 aromatic carbocycles. The van der Waals surface area contributed by atoms with Crippen molar-refractivity contribution in [1.29, 1.82) is 0 Å². The summed E-state index contributed by atoms with van der Waals surface area (Å²) in [4.78, 5) is 15.7. The van der Waals surface area contributed by atoms with Gasteiger partial charge in [-0.2, -0.15) is 0 Å². The van der Waals surface area contributed by atoms with Crippen LogP contribution in [0.5, 0.6) is 0 Å². The van der Waals surface area contributed by atoms with Crippen LogP contribution in [0.2, 0.25) is 0 Å². The monoisotopic (exact) mass is 285 g/mol. The first kappa shape index (κ1) is 14.0. The Hall–Kier alpha value is -1.94. The van der Waals surface area contributed by atoms with Crippen LogP contribution < -0.4 is 0 Å². The predicted octanol–water partition coefficient (Wildman–Crippen LogP) is 3.25. The molecule has 0 radical (unpaired) electrons.